The van der Waals surface area contributed by atoms with Gasteiger partial charge < -0.3 is 15.5 Å². The molecule has 1 amide bonds. The van der Waals surface area contributed by atoms with Gasteiger partial charge in [0.1, 0.15) is 0 Å². The van der Waals surface area contributed by atoms with Crippen molar-refractivity contribution in [1.82, 2.24) is 5.32 Å². The van der Waals surface area contributed by atoms with Crippen LogP contribution in [-0.4, -0.2) is 35.7 Å². The molecule has 0 saturated carbocycles. The topological polar surface area (TPSA) is 86.6 Å². The minimum absolute atomic E-state index is 0.121. The Morgan fingerprint density at radius 2 is 2.58 bits per heavy atom. The van der Waals surface area contributed by atoms with E-state index in [0.29, 0.717) is 0 Å². The summed E-state index contributed by atoms with van der Waals surface area (Å²) in [6, 6.07) is -0.398. The Bertz CT molecular complexity index is 233. The maximum absolute atomic E-state index is 11.0. The number of amides is 1. The second kappa shape index (κ2) is 3.10. The number of carboxylic acids is 1. The molecule has 1 saturated heterocycles. The SMILES string of the molecule is [3H]O[C@H](C)C1C(=O)N[C@@H]1CC(=O)O. The lowest BCUT2D eigenvalue weighted by Crippen LogP contribution is -2.62. The van der Waals surface area contributed by atoms with Crippen LogP contribution in [0.1, 0.15) is 13.3 Å². The maximum Gasteiger partial charge on any atom is 0.305 e. The van der Waals surface area contributed by atoms with Crippen molar-refractivity contribution in [3.8, 4) is 0 Å². The fraction of sp³-hybridized carbons (Fsp3) is 0.714. The Morgan fingerprint density at radius 1 is 1.92 bits per heavy atom. The predicted molar refractivity (Wildman–Crippen MR) is 39.4 cm³/mol. The first-order chi connectivity index (χ1) is 6.06. The van der Waals surface area contributed by atoms with Crippen LogP contribution in [0, 0.1) is 5.92 Å². The van der Waals surface area contributed by atoms with Crippen molar-refractivity contribution in [3.05, 3.63) is 0 Å². The Kier molecular flexibility index (Phi) is 1.95. The molecule has 1 aliphatic heterocycles. The van der Waals surface area contributed by atoms with Gasteiger partial charge in [-0.25, -0.2) is 0 Å². The second-order valence-electron chi connectivity index (χ2n) is 2.94. The van der Waals surface area contributed by atoms with Crippen molar-refractivity contribution >= 4 is 11.9 Å². The van der Waals surface area contributed by atoms with Gasteiger partial charge in [0.15, 0.2) is 0 Å². The van der Waals surface area contributed by atoms with E-state index in [2.05, 4.69) is 10.4 Å². The summed E-state index contributed by atoms with van der Waals surface area (Å²) in [7, 11) is 0. The number of hydrogen-bond acceptors (Lipinski definition) is 3. The number of carbonyl (C=O) groups is 2. The van der Waals surface area contributed by atoms with Gasteiger partial charge in [0.25, 0.3) is 0 Å². The number of aliphatic hydroxyl groups excluding tert-OH is 1. The highest BCUT2D eigenvalue weighted by Crippen LogP contribution is 2.21. The third kappa shape index (κ3) is 1.55. The summed E-state index contributed by atoms with van der Waals surface area (Å²) in [5, 5.41) is 15.2. The van der Waals surface area contributed by atoms with E-state index in [0.717, 1.165) is 0 Å². The fourth-order valence-corrected chi connectivity index (χ4v) is 1.36. The van der Waals surface area contributed by atoms with Crippen molar-refractivity contribution < 1.29 is 19.8 Å². The number of rotatable bonds is 4. The molecule has 3 atom stereocenters. The van der Waals surface area contributed by atoms with Crippen molar-refractivity contribution in [2.24, 2.45) is 5.92 Å². The number of hydrogen-bond donors (Lipinski definition) is 3. The van der Waals surface area contributed by atoms with Crippen molar-refractivity contribution in [3.63, 3.8) is 0 Å². The van der Waals surface area contributed by atoms with Crippen LogP contribution in [0.5, 0.6) is 0 Å². The van der Waals surface area contributed by atoms with Crippen LogP contribution in [-0.2, 0) is 9.59 Å². The van der Waals surface area contributed by atoms with Crippen LogP contribution in [0.3, 0.4) is 0 Å². The molecule has 0 aliphatic carbocycles. The number of carbonyl (C=O) groups excluding carboxylic acids is 1. The van der Waals surface area contributed by atoms with Crippen molar-refractivity contribution in [2.75, 3.05) is 0 Å². The molecule has 0 aromatic rings. The minimum Gasteiger partial charge on any atom is -0.481 e. The molecule has 12 heavy (non-hydrogen) atoms. The monoisotopic (exact) mass is 175 g/mol. The molecular weight excluding hydrogens is 162 g/mol. The van der Waals surface area contributed by atoms with E-state index < -0.39 is 24.0 Å². The molecule has 1 unspecified atom stereocenters. The Balaban J connectivity index is 2.50. The molecule has 1 rings (SSSR count). The molecule has 0 spiro atoms. The number of nitrogens with one attached hydrogen (secondary N) is 1. The van der Waals surface area contributed by atoms with Crippen LogP contribution >= 0.6 is 0 Å². The van der Waals surface area contributed by atoms with Crippen LogP contribution in [0.2, 0.25) is 0 Å². The lowest BCUT2D eigenvalue weighted by molar-refractivity contribution is -0.146. The normalized spacial score (nSPS) is 31.4. The third-order valence-electron chi connectivity index (χ3n) is 1.96. The van der Waals surface area contributed by atoms with Gasteiger partial charge in [-0.3, -0.25) is 9.59 Å². The zero-order valence-corrected chi connectivity index (χ0v) is 6.61. The average Bonchev–Trinajstić information content (AvgIpc) is 2.02. The van der Waals surface area contributed by atoms with Gasteiger partial charge in [-0.2, -0.15) is 0 Å². The smallest absolute Gasteiger partial charge is 0.305 e. The Morgan fingerprint density at radius 3 is 3.00 bits per heavy atom. The molecule has 1 fully saturated rings. The average molecular weight is 175 g/mol. The molecule has 3 N–H and O–H groups in total. The number of aliphatic carboxylic acids is 1. The zero-order valence-electron chi connectivity index (χ0n) is 7.61. The van der Waals surface area contributed by atoms with Gasteiger partial charge in [-0.15, -0.1) is 0 Å². The summed E-state index contributed by atoms with van der Waals surface area (Å²) >= 11 is 0. The molecule has 5 nitrogen and oxygen atoms in total. The number of carboxylic acid groups (broad SMARTS) is 1. The standard InChI is InChI=1S/C7H11NO4/c1-3(9)6-4(2-5(10)11)8-7(6)12/h3-4,6,9H,2H2,1H3,(H,8,12)(H,10,11)/t3-,4-,6?/m1/s1/i9T. The first-order valence-electron chi connectivity index (χ1n) is 4.11. The van der Waals surface area contributed by atoms with E-state index in [-0.39, 0.29) is 12.3 Å². The van der Waals surface area contributed by atoms with Crippen LogP contribution in [0.25, 0.3) is 0 Å². The van der Waals surface area contributed by atoms with E-state index in [1.807, 2.05) is 0 Å². The summed E-state index contributed by atoms with van der Waals surface area (Å²) in [5.41, 5.74) is 0. The Hall–Kier alpha value is -1.10. The summed E-state index contributed by atoms with van der Waals surface area (Å²) in [6.07, 6.45) is -0.678. The van der Waals surface area contributed by atoms with E-state index in [9.17, 15) is 9.59 Å². The lowest BCUT2D eigenvalue weighted by Gasteiger charge is -2.37. The molecule has 0 aromatic heterocycles. The highest BCUT2D eigenvalue weighted by Gasteiger charge is 2.43. The van der Waals surface area contributed by atoms with Crippen molar-refractivity contribution in [1.29, 1.82) is 1.43 Å². The van der Waals surface area contributed by atoms with Gasteiger partial charge in [0, 0.05) is 0 Å². The van der Waals surface area contributed by atoms with E-state index in [4.69, 9.17) is 6.54 Å². The van der Waals surface area contributed by atoms with Gasteiger partial charge in [-0.1, -0.05) is 0 Å². The minimum atomic E-state index is -0.966. The number of β-lactam (4-membered cyclic amide) rings is 1. The van der Waals surface area contributed by atoms with Gasteiger partial charge in [0.2, 0.25) is 7.34 Å². The lowest BCUT2D eigenvalue weighted by atomic mass is 9.84. The predicted octanol–water partition coefficient (Wildman–Crippen LogP) is -1.04. The zero-order chi connectivity index (χ0) is 10.0. The first-order valence-corrected chi connectivity index (χ1v) is 3.70. The summed E-state index contributed by atoms with van der Waals surface area (Å²) in [5.74, 6) is -1.72. The van der Waals surface area contributed by atoms with E-state index in [1.54, 1.807) is 6.92 Å². The van der Waals surface area contributed by atoms with Crippen LogP contribution in [0.4, 0.5) is 0 Å². The summed E-state index contributed by atoms with van der Waals surface area (Å²) < 4.78 is 6.61. The molecule has 0 bridgehead atoms. The highest BCUT2D eigenvalue weighted by molar-refractivity contribution is 5.88. The van der Waals surface area contributed by atoms with Crippen LogP contribution in [0.15, 0.2) is 0 Å². The second-order valence-corrected chi connectivity index (χ2v) is 2.94. The molecule has 0 radical (unpaired) electrons. The summed E-state index contributed by atoms with van der Waals surface area (Å²) in [6.45, 7) is 1.57. The van der Waals surface area contributed by atoms with E-state index >= 15 is 0 Å². The van der Waals surface area contributed by atoms with Crippen molar-refractivity contribution in [2.45, 2.75) is 25.5 Å². The van der Waals surface area contributed by atoms with Gasteiger partial charge >= 0.3 is 5.97 Å². The quantitative estimate of drug-likeness (QED) is 0.476. The highest BCUT2D eigenvalue weighted by atomic mass is 16.4. The van der Waals surface area contributed by atoms with Gasteiger partial charge in [-0.05, 0) is 6.92 Å². The molecule has 0 aromatic carbocycles. The van der Waals surface area contributed by atoms with Crippen LogP contribution < -0.4 is 5.32 Å². The largest absolute Gasteiger partial charge is 0.481 e. The molecule has 68 valence electrons. The third-order valence-corrected chi connectivity index (χ3v) is 1.96. The molecule has 1 heterocycles. The summed E-state index contributed by atoms with van der Waals surface area (Å²) in [4.78, 5) is 21.3. The molecule has 5 heteroatoms. The van der Waals surface area contributed by atoms with E-state index in [1.165, 1.54) is 0 Å². The molecular formula is C7H11NO4. The molecule has 1 aliphatic rings. The van der Waals surface area contributed by atoms with Gasteiger partial charge in [0.05, 0.1) is 24.5 Å². The number of aliphatic hydroxyl groups is 1. The maximum atomic E-state index is 11.0. The Labute approximate surface area is 70.9 Å². The first kappa shape index (κ1) is 7.54. The fourth-order valence-electron chi connectivity index (χ4n) is 1.36.